The number of furan rings is 1. The molecule has 2 amide bonds. The lowest BCUT2D eigenvalue weighted by Crippen LogP contribution is -2.47. The molecule has 1 aliphatic heterocycles. The fourth-order valence-corrected chi connectivity index (χ4v) is 3.41. The zero-order valence-corrected chi connectivity index (χ0v) is 15.3. The van der Waals surface area contributed by atoms with Crippen LogP contribution in [-0.2, 0) is 0 Å². The summed E-state index contributed by atoms with van der Waals surface area (Å²) in [4.78, 5) is 23.7. The number of urea groups is 1. The SMILES string of the molecule is CC(C)(C)NC(=O)N1CC[C@H](n2c(-c3ccoc3)nc3cccnc32)C1. The average molecular weight is 353 g/mol. The number of aromatic nitrogens is 3. The number of hydrogen-bond donors (Lipinski definition) is 1. The monoisotopic (exact) mass is 353 g/mol. The van der Waals surface area contributed by atoms with E-state index in [2.05, 4.69) is 14.9 Å². The van der Waals surface area contributed by atoms with Crippen LogP contribution in [0.15, 0.2) is 41.3 Å². The van der Waals surface area contributed by atoms with Crippen molar-refractivity contribution in [3.63, 3.8) is 0 Å². The van der Waals surface area contributed by atoms with Gasteiger partial charge in [-0.25, -0.2) is 14.8 Å². The van der Waals surface area contributed by atoms with Crippen LogP contribution < -0.4 is 5.32 Å². The topological polar surface area (TPSA) is 76.2 Å². The molecule has 3 aromatic heterocycles. The van der Waals surface area contributed by atoms with E-state index in [4.69, 9.17) is 9.40 Å². The summed E-state index contributed by atoms with van der Waals surface area (Å²) in [5, 5.41) is 3.04. The van der Waals surface area contributed by atoms with Crippen LogP contribution in [0.25, 0.3) is 22.6 Å². The Hall–Kier alpha value is -2.83. The van der Waals surface area contributed by atoms with Crippen molar-refractivity contribution in [1.82, 2.24) is 24.8 Å². The third-order valence-corrected chi connectivity index (χ3v) is 4.53. The molecular weight excluding hydrogens is 330 g/mol. The van der Waals surface area contributed by atoms with E-state index < -0.39 is 0 Å². The predicted molar refractivity (Wildman–Crippen MR) is 98.7 cm³/mol. The Morgan fingerprint density at radius 2 is 2.19 bits per heavy atom. The summed E-state index contributed by atoms with van der Waals surface area (Å²) >= 11 is 0. The number of rotatable bonds is 2. The number of carbonyl (C=O) groups is 1. The molecule has 1 saturated heterocycles. The Bertz CT molecular complexity index is 923. The molecule has 136 valence electrons. The number of carbonyl (C=O) groups excluding carboxylic acids is 1. The van der Waals surface area contributed by atoms with Gasteiger partial charge in [-0.05, 0) is 45.4 Å². The summed E-state index contributed by atoms with van der Waals surface area (Å²) in [5.41, 5.74) is 2.36. The summed E-state index contributed by atoms with van der Waals surface area (Å²) in [6.45, 7) is 7.31. The lowest BCUT2D eigenvalue weighted by Gasteiger charge is -2.25. The van der Waals surface area contributed by atoms with Crippen LogP contribution in [0.1, 0.15) is 33.2 Å². The second-order valence-electron chi connectivity index (χ2n) is 7.73. The number of hydrogen-bond acceptors (Lipinski definition) is 4. The molecule has 0 spiro atoms. The summed E-state index contributed by atoms with van der Waals surface area (Å²) in [6.07, 6.45) is 5.98. The maximum atomic E-state index is 12.5. The smallest absolute Gasteiger partial charge is 0.317 e. The Balaban J connectivity index is 1.67. The van der Waals surface area contributed by atoms with Gasteiger partial charge < -0.3 is 19.2 Å². The minimum absolute atomic E-state index is 0.0257. The van der Waals surface area contributed by atoms with Crippen molar-refractivity contribution in [2.45, 2.75) is 38.8 Å². The van der Waals surface area contributed by atoms with Crippen molar-refractivity contribution in [2.24, 2.45) is 0 Å². The molecule has 3 aromatic rings. The third kappa shape index (κ3) is 3.05. The molecule has 4 rings (SSSR count). The zero-order valence-electron chi connectivity index (χ0n) is 15.3. The number of fused-ring (bicyclic) bond motifs is 1. The molecule has 0 unspecified atom stereocenters. The second-order valence-corrected chi connectivity index (χ2v) is 7.73. The minimum atomic E-state index is -0.250. The normalized spacial score (nSPS) is 17.8. The highest BCUT2D eigenvalue weighted by atomic mass is 16.3. The van der Waals surface area contributed by atoms with E-state index in [-0.39, 0.29) is 17.6 Å². The quantitative estimate of drug-likeness (QED) is 0.766. The van der Waals surface area contributed by atoms with Gasteiger partial charge in [0.1, 0.15) is 17.6 Å². The maximum Gasteiger partial charge on any atom is 0.317 e. The molecular formula is C19H23N5O2. The molecule has 26 heavy (non-hydrogen) atoms. The second kappa shape index (κ2) is 6.16. The first-order valence-electron chi connectivity index (χ1n) is 8.85. The molecule has 0 saturated carbocycles. The fourth-order valence-electron chi connectivity index (χ4n) is 3.41. The Morgan fingerprint density at radius 1 is 1.35 bits per heavy atom. The first kappa shape index (κ1) is 16.6. The van der Waals surface area contributed by atoms with Gasteiger partial charge >= 0.3 is 6.03 Å². The Morgan fingerprint density at radius 3 is 2.92 bits per heavy atom. The fraction of sp³-hybridized carbons (Fsp3) is 0.421. The maximum absolute atomic E-state index is 12.5. The van der Waals surface area contributed by atoms with Gasteiger partial charge in [0.25, 0.3) is 0 Å². The van der Waals surface area contributed by atoms with Gasteiger partial charge in [-0.15, -0.1) is 0 Å². The molecule has 7 heteroatoms. The van der Waals surface area contributed by atoms with Gasteiger partial charge in [-0.2, -0.15) is 0 Å². The summed E-state index contributed by atoms with van der Waals surface area (Å²) in [5.74, 6) is 0.829. The van der Waals surface area contributed by atoms with Crippen molar-refractivity contribution < 1.29 is 9.21 Å². The molecule has 0 aliphatic carbocycles. The molecule has 1 N–H and O–H groups in total. The zero-order chi connectivity index (χ0) is 18.3. The summed E-state index contributed by atoms with van der Waals surface area (Å²) in [6, 6.07) is 5.85. The minimum Gasteiger partial charge on any atom is -0.472 e. The van der Waals surface area contributed by atoms with Gasteiger partial charge in [0.15, 0.2) is 5.65 Å². The van der Waals surface area contributed by atoms with E-state index in [0.717, 1.165) is 29.0 Å². The Kier molecular flexibility index (Phi) is 3.94. The van der Waals surface area contributed by atoms with Crippen LogP contribution in [0.2, 0.25) is 0 Å². The molecule has 4 heterocycles. The number of amides is 2. The van der Waals surface area contributed by atoms with Crippen molar-refractivity contribution >= 4 is 17.2 Å². The lowest BCUT2D eigenvalue weighted by atomic mass is 10.1. The molecule has 0 radical (unpaired) electrons. The van der Waals surface area contributed by atoms with E-state index in [1.807, 2.05) is 43.9 Å². The van der Waals surface area contributed by atoms with E-state index >= 15 is 0 Å². The summed E-state index contributed by atoms with van der Waals surface area (Å²) < 4.78 is 7.39. The highest BCUT2D eigenvalue weighted by Gasteiger charge is 2.32. The Labute approximate surface area is 152 Å². The van der Waals surface area contributed by atoms with Crippen LogP contribution in [0, 0.1) is 0 Å². The number of imidazole rings is 1. The van der Waals surface area contributed by atoms with Crippen LogP contribution in [-0.4, -0.2) is 44.1 Å². The number of nitrogens with one attached hydrogen (secondary N) is 1. The van der Waals surface area contributed by atoms with E-state index in [1.165, 1.54) is 0 Å². The van der Waals surface area contributed by atoms with Gasteiger partial charge in [0.05, 0.1) is 17.9 Å². The number of nitrogens with zero attached hydrogens (tertiary/aromatic N) is 4. The third-order valence-electron chi connectivity index (χ3n) is 4.53. The molecule has 1 fully saturated rings. The van der Waals surface area contributed by atoms with Crippen LogP contribution >= 0.6 is 0 Å². The molecule has 1 aliphatic rings. The van der Waals surface area contributed by atoms with Gasteiger partial charge in [0.2, 0.25) is 0 Å². The van der Waals surface area contributed by atoms with Crippen molar-refractivity contribution in [2.75, 3.05) is 13.1 Å². The van der Waals surface area contributed by atoms with Crippen molar-refractivity contribution in [3.8, 4) is 11.4 Å². The van der Waals surface area contributed by atoms with E-state index in [9.17, 15) is 4.79 Å². The largest absolute Gasteiger partial charge is 0.472 e. The highest BCUT2D eigenvalue weighted by molar-refractivity contribution is 5.78. The van der Waals surface area contributed by atoms with Gasteiger partial charge in [-0.1, -0.05) is 0 Å². The van der Waals surface area contributed by atoms with Crippen LogP contribution in [0.4, 0.5) is 4.79 Å². The predicted octanol–water partition coefficient (Wildman–Crippen LogP) is 3.45. The summed E-state index contributed by atoms with van der Waals surface area (Å²) in [7, 11) is 0. The van der Waals surface area contributed by atoms with Crippen molar-refractivity contribution in [3.05, 3.63) is 36.9 Å². The number of likely N-dealkylation sites (tertiary alicyclic amines) is 1. The average Bonchev–Trinajstić information content (AvgIpc) is 3.31. The standard InChI is InChI=1S/C19H23N5O2/c1-19(2,3)22-18(25)23-9-6-14(11-23)24-16(13-7-10-26-12-13)21-15-5-4-8-20-17(15)24/h4-5,7-8,10,12,14H,6,9,11H2,1-3H3,(H,22,25)/t14-/m0/s1. The van der Waals surface area contributed by atoms with Gasteiger partial charge in [-0.3, -0.25) is 0 Å². The van der Waals surface area contributed by atoms with E-state index in [1.54, 1.807) is 18.7 Å². The molecule has 0 aromatic carbocycles. The lowest BCUT2D eigenvalue weighted by molar-refractivity contribution is 0.198. The van der Waals surface area contributed by atoms with Crippen molar-refractivity contribution in [1.29, 1.82) is 0 Å². The first-order chi connectivity index (χ1) is 12.4. The highest BCUT2D eigenvalue weighted by Crippen LogP contribution is 2.32. The van der Waals surface area contributed by atoms with E-state index in [0.29, 0.717) is 13.1 Å². The molecule has 0 bridgehead atoms. The van der Waals surface area contributed by atoms with Crippen LogP contribution in [0.5, 0.6) is 0 Å². The first-order valence-corrected chi connectivity index (χ1v) is 8.85. The number of pyridine rings is 1. The van der Waals surface area contributed by atoms with Gasteiger partial charge in [0, 0.05) is 24.8 Å². The van der Waals surface area contributed by atoms with Crippen LogP contribution in [0.3, 0.4) is 0 Å². The molecule has 1 atom stereocenters. The molecule has 7 nitrogen and oxygen atoms in total.